The number of aromatic carboxylic acids is 1. The molecule has 0 radical (unpaired) electrons. The van der Waals surface area contributed by atoms with Gasteiger partial charge in [0, 0.05) is 0 Å². The van der Waals surface area contributed by atoms with Crippen LogP contribution in [-0.4, -0.2) is 27.3 Å². The topological polar surface area (TPSA) is 104 Å². The van der Waals surface area contributed by atoms with E-state index in [0.717, 1.165) is 23.2 Å². The van der Waals surface area contributed by atoms with E-state index in [1.807, 2.05) is 6.92 Å². The number of carbonyl (C=O) groups is 2. The zero-order chi connectivity index (χ0) is 15.4. The van der Waals surface area contributed by atoms with Gasteiger partial charge in [0.2, 0.25) is 5.13 Å². The Morgan fingerprint density at radius 2 is 2.10 bits per heavy atom. The third kappa shape index (κ3) is 3.72. The first-order valence-electron chi connectivity index (χ1n) is 5.92. The van der Waals surface area contributed by atoms with E-state index in [2.05, 4.69) is 20.8 Å². The molecule has 7 nitrogen and oxygen atoms in total. The van der Waals surface area contributed by atoms with E-state index in [-0.39, 0.29) is 16.4 Å². The van der Waals surface area contributed by atoms with Crippen LogP contribution in [0.5, 0.6) is 0 Å². The Kier molecular flexibility index (Phi) is 4.43. The molecule has 3 N–H and O–H groups in total. The van der Waals surface area contributed by atoms with E-state index in [0.29, 0.717) is 6.42 Å². The molecule has 0 aliphatic heterocycles. The maximum atomic E-state index is 13.5. The van der Waals surface area contributed by atoms with Crippen molar-refractivity contribution in [2.45, 2.75) is 13.3 Å². The van der Waals surface area contributed by atoms with Crippen molar-refractivity contribution in [1.29, 1.82) is 0 Å². The Hall–Kier alpha value is -2.55. The van der Waals surface area contributed by atoms with Crippen molar-refractivity contribution in [3.8, 4) is 0 Å². The molecule has 110 valence electrons. The molecule has 0 unspecified atom stereocenters. The van der Waals surface area contributed by atoms with Gasteiger partial charge in [0.25, 0.3) is 0 Å². The van der Waals surface area contributed by atoms with Crippen LogP contribution in [0.1, 0.15) is 22.3 Å². The molecule has 2 rings (SSSR count). The van der Waals surface area contributed by atoms with Crippen LogP contribution >= 0.6 is 11.3 Å². The lowest BCUT2D eigenvalue weighted by molar-refractivity contribution is 0.0697. The van der Waals surface area contributed by atoms with Gasteiger partial charge in [-0.25, -0.2) is 14.0 Å². The number of carboxylic acids is 1. The molecule has 9 heteroatoms. The summed E-state index contributed by atoms with van der Waals surface area (Å²) in [4.78, 5) is 22.5. The highest BCUT2D eigenvalue weighted by molar-refractivity contribution is 7.15. The molecule has 0 saturated heterocycles. The Labute approximate surface area is 122 Å². The van der Waals surface area contributed by atoms with Crippen LogP contribution in [0.25, 0.3) is 0 Å². The number of halogens is 1. The van der Waals surface area contributed by atoms with Gasteiger partial charge in [-0.15, -0.1) is 10.2 Å². The summed E-state index contributed by atoms with van der Waals surface area (Å²) in [6, 6.07) is 2.39. The fourth-order valence-electron chi connectivity index (χ4n) is 1.45. The largest absolute Gasteiger partial charge is 0.478 e. The molecule has 0 spiro atoms. The summed E-state index contributed by atoms with van der Waals surface area (Å²) in [5, 5.41) is 22.1. The van der Waals surface area contributed by atoms with E-state index in [4.69, 9.17) is 5.11 Å². The van der Waals surface area contributed by atoms with Crippen LogP contribution in [0.15, 0.2) is 18.2 Å². The third-order valence-electron chi connectivity index (χ3n) is 2.45. The highest BCUT2D eigenvalue weighted by Crippen LogP contribution is 2.18. The molecule has 0 aliphatic carbocycles. The molecule has 21 heavy (non-hydrogen) atoms. The van der Waals surface area contributed by atoms with Crippen LogP contribution in [0.2, 0.25) is 0 Å². The summed E-state index contributed by atoms with van der Waals surface area (Å²) in [6.07, 6.45) is 0.691. The van der Waals surface area contributed by atoms with Gasteiger partial charge in [-0.1, -0.05) is 18.3 Å². The van der Waals surface area contributed by atoms with Crippen LogP contribution in [0, 0.1) is 5.82 Å². The second kappa shape index (κ2) is 6.27. The number of carbonyl (C=O) groups excluding carboxylic acids is 1. The van der Waals surface area contributed by atoms with Gasteiger partial charge in [0.15, 0.2) is 0 Å². The Bertz CT molecular complexity index is 689. The van der Waals surface area contributed by atoms with Crippen molar-refractivity contribution >= 4 is 34.2 Å². The van der Waals surface area contributed by atoms with Gasteiger partial charge in [-0.05, 0) is 24.6 Å². The quantitative estimate of drug-likeness (QED) is 0.805. The minimum atomic E-state index is -1.21. The molecule has 0 saturated carbocycles. The maximum absolute atomic E-state index is 13.5. The monoisotopic (exact) mass is 310 g/mol. The van der Waals surface area contributed by atoms with Crippen LogP contribution in [-0.2, 0) is 6.42 Å². The number of benzene rings is 1. The standard InChI is InChI=1S/C12H11FN4O3S/c1-2-9-16-17-12(21-9)15-11(20)14-8-5-6(10(18)19)3-4-7(8)13/h3-5H,2H2,1H3,(H,18,19)(H2,14,15,17,20). The van der Waals surface area contributed by atoms with Crippen molar-refractivity contribution in [2.24, 2.45) is 0 Å². The predicted molar refractivity (Wildman–Crippen MR) is 75.3 cm³/mol. The highest BCUT2D eigenvalue weighted by atomic mass is 32.1. The van der Waals surface area contributed by atoms with E-state index >= 15 is 0 Å². The Balaban J connectivity index is 2.08. The van der Waals surface area contributed by atoms with Gasteiger partial charge in [-0.3, -0.25) is 5.32 Å². The number of nitrogens with one attached hydrogen (secondary N) is 2. The number of rotatable bonds is 4. The lowest BCUT2D eigenvalue weighted by Crippen LogP contribution is -2.20. The number of aromatic nitrogens is 2. The number of urea groups is 1. The van der Waals surface area contributed by atoms with Gasteiger partial charge >= 0.3 is 12.0 Å². The van der Waals surface area contributed by atoms with Crippen LogP contribution in [0.3, 0.4) is 0 Å². The second-order valence-electron chi connectivity index (χ2n) is 3.93. The van der Waals surface area contributed by atoms with Crippen molar-refractivity contribution in [3.05, 3.63) is 34.6 Å². The molecule has 1 heterocycles. The van der Waals surface area contributed by atoms with Crippen LogP contribution < -0.4 is 10.6 Å². The predicted octanol–water partition coefficient (Wildman–Crippen LogP) is 2.58. The second-order valence-corrected chi connectivity index (χ2v) is 5.00. The molecule has 1 aromatic heterocycles. The first-order valence-corrected chi connectivity index (χ1v) is 6.74. The molecule has 0 aliphatic rings. The molecule has 0 fully saturated rings. The number of hydrogen-bond donors (Lipinski definition) is 3. The molecule has 1 aromatic carbocycles. The SMILES string of the molecule is CCc1nnc(NC(=O)Nc2cc(C(=O)O)ccc2F)s1. The minimum absolute atomic E-state index is 0.129. The van der Waals surface area contributed by atoms with Crippen molar-refractivity contribution < 1.29 is 19.1 Å². The lowest BCUT2D eigenvalue weighted by Gasteiger charge is -2.07. The Morgan fingerprint density at radius 1 is 1.33 bits per heavy atom. The maximum Gasteiger partial charge on any atom is 0.335 e. The van der Waals surface area contributed by atoms with Gasteiger partial charge in [0.1, 0.15) is 10.8 Å². The Morgan fingerprint density at radius 3 is 2.71 bits per heavy atom. The number of anilines is 2. The van der Waals surface area contributed by atoms with Gasteiger partial charge < -0.3 is 10.4 Å². The fraction of sp³-hybridized carbons (Fsp3) is 0.167. The average Bonchev–Trinajstić information content (AvgIpc) is 2.88. The van der Waals surface area contributed by atoms with Gasteiger partial charge in [-0.2, -0.15) is 0 Å². The van der Waals surface area contributed by atoms with Crippen molar-refractivity contribution in [1.82, 2.24) is 10.2 Å². The van der Waals surface area contributed by atoms with Crippen molar-refractivity contribution in [3.63, 3.8) is 0 Å². The summed E-state index contributed by atoms with van der Waals surface area (Å²) >= 11 is 1.20. The van der Waals surface area contributed by atoms with Crippen molar-refractivity contribution in [2.75, 3.05) is 10.6 Å². The average molecular weight is 310 g/mol. The number of carboxylic acid groups (broad SMARTS) is 1. The number of aryl methyl sites for hydroxylation is 1. The molecule has 0 atom stereocenters. The summed E-state index contributed by atoms with van der Waals surface area (Å²) in [5.74, 6) is -1.95. The summed E-state index contributed by atoms with van der Waals surface area (Å²) in [7, 11) is 0. The van der Waals surface area contributed by atoms with Crippen LogP contribution in [0.4, 0.5) is 20.0 Å². The van der Waals surface area contributed by atoms with E-state index in [9.17, 15) is 14.0 Å². The summed E-state index contributed by atoms with van der Waals surface area (Å²) in [5.41, 5.74) is -0.358. The minimum Gasteiger partial charge on any atom is -0.478 e. The first kappa shape index (κ1) is 14.9. The first-order chi connectivity index (χ1) is 9.99. The fourth-order valence-corrected chi connectivity index (χ4v) is 2.13. The number of hydrogen-bond acceptors (Lipinski definition) is 5. The van der Waals surface area contributed by atoms with E-state index in [1.54, 1.807) is 0 Å². The normalized spacial score (nSPS) is 10.2. The van der Waals surface area contributed by atoms with E-state index < -0.39 is 17.8 Å². The number of amides is 2. The molecule has 0 bridgehead atoms. The lowest BCUT2D eigenvalue weighted by atomic mass is 10.2. The summed E-state index contributed by atoms with van der Waals surface area (Å²) < 4.78 is 13.5. The third-order valence-corrected chi connectivity index (χ3v) is 3.43. The molecule has 2 amide bonds. The van der Waals surface area contributed by atoms with E-state index in [1.165, 1.54) is 11.3 Å². The van der Waals surface area contributed by atoms with Gasteiger partial charge in [0.05, 0.1) is 11.3 Å². The highest BCUT2D eigenvalue weighted by Gasteiger charge is 2.12. The zero-order valence-electron chi connectivity index (χ0n) is 10.9. The molecular weight excluding hydrogens is 299 g/mol. The summed E-state index contributed by atoms with van der Waals surface area (Å²) in [6.45, 7) is 1.90. The molecular formula is C12H11FN4O3S. The zero-order valence-corrected chi connectivity index (χ0v) is 11.7. The number of nitrogens with zero attached hydrogens (tertiary/aromatic N) is 2. The smallest absolute Gasteiger partial charge is 0.335 e. The molecule has 2 aromatic rings.